The summed E-state index contributed by atoms with van der Waals surface area (Å²) >= 11 is 0. The molecule has 0 bridgehead atoms. The molecule has 0 radical (unpaired) electrons. The summed E-state index contributed by atoms with van der Waals surface area (Å²) in [6, 6.07) is 11.5. The van der Waals surface area contributed by atoms with Gasteiger partial charge < -0.3 is 14.8 Å². The van der Waals surface area contributed by atoms with Crippen LogP contribution in [0.5, 0.6) is 11.5 Å². The summed E-state index contributed by atoms with van der Waals surface area (Å²) in [6.07, 6.45) is 1.71. The highest BCUT2D eigenvalue weighted by Crippen LogP contribution is 2.30. The minimum Gasteiger partial charge on any atom is -0.496 e. The normalized spacial score (nSPS) is 15.1. The van der Waals surface area contributed by atoms with Gasteiger partial charge in [0.2, 0.25) is 0 Å². The maximum Gasteiger partial charge on any atom is 0.275 e. The highest BCUT2D eigenvalue weighted by molar-refractivity contribution is 6.20. The van der Waals surface area contributed by atoms with Crippen LogP contribution >= 0.6 is 0 Å². The van der Waals surface area contributed by atoms with Gasteiger partial charge in [-0.25, -0.2) is 4.99 Å². The number of carbonyl (C=O) groups excluding carboxylic acids is 1. The number of aryl methyl sites for hydroxylation is 2. The zero-order valence-electron chi connectivity index (χ0n) is 14.7. The number of methoxy groups -OCH3 is 2. The van der Waals surface area contributed by atoms with Crippen LogP contribution in [0.25, 0.3) is 6.08 Å². The van der Waals surface area contributed by atoms with Crippen molar-refractivity contribution in [2.75, 3.05) is 14.2 Å². The van der Waals surface area contributed by atoms with Crippen LogP contribution in [0.15, 0.2) is 47.1 Å². The van der Waals surface area contributed by atoms with Gasteiger partial charge in [-0.05, 0) is 43.2 Å². The number of hydrogen-bond acceptors (Lipinski definition) is 4. The van der Waals surface area contributed by atoms with E-state index >= 15 is 0 Å². The van der Waals surface area contributed by atoms with E-state index in [0.717, 1.165) is 28.0 Å². The number of benzene rings is 2. The van der Waals surface area contributed by atoms with E-state index in [1.807, 2.05) is 50.2 Å². The molecule has 0 aliphatic carbocycles. The Morgan fingerprint density at radius 1 is 1.00 bits per heavy atom. The van der Waals surface area contributed by atoms with Gasteiger partial charge >= 0.3 is 0 Å². The third-order valence-corrected chi connectivity index (χ3v) is 4.14. The van der Waals surface area contributed by atoms with Gasteiger partial charge in [-0.15, -0.1) is 0 Å². The lowest BCUT2D eigenvalue weighted by atomic mass is 10.1. The van der Waals surface area contributed by atoms with Gasteiger partial charge in [0.05, 0.1) is 14.2 Å². The monoisotopic (exact) mass is 336 g/mol. The van der Waals surface area contributed by atoms with Crippen LogP contribution < -0.4 is 14.8 Å². The SMILES string of the molecule is COc1cc(/C=C2/N=C(c3ccccc3C)NC2=O)c(OC)cc1C. The van der Waals surface area contributed by atoms with Gasteiger partial charge in [0.25, 0.3) is 5.91 Å². The second kappa shape index (κ2) is 6.81. The average Bonchev–Trinajstić information content (AvgIpc) is 2.96. The fourth-order valence-electron chi connectivity index (χ4n) is 2.77. The van der Waals surface area contributed by atoms with Gasteiger partial charge in [0, 0.05) is 11.1 Å². The third-order valence-electron chi connectivity index (χ3n) is 4.14. The van der Waals surface area contributed by atoms with Crippen molar-refractivity contribution in [1.29, 1.82) is 0 Å². The van der Waals surface area contributed by atoms with Crippen molar-refractivity contribution in [2.45, 2.75) is 13.8 Å². The Kier molecular flexibility index (Phi) is 4.57. The van der Waals surface area contributed by atoms with Crippen LogP contribution in [-0.4, -0.2) is 26.0 Å². The van der Waals surface area contributed by atoms with Crippen LogP contribution in [0.3, 0.4) is 0 Å². The summed E-state index contributed by atoms with van der Waals surface area (Å²) in [5, 5.41) is 2.83. The molecule has 3 rings (SSSR count). The number of carbonyl (C=O) groups is 1. The van der Waals surface area contributed by atoms with Crippen LogP contribution in [-0.2, 0) is 4.79 Å². The van der Waals surface area contributed by atoms with Crippen LogP contribution in [0.2, 0.25) is 0 Å². The molecule has 0 saturated carbocycles. The van der Waals surface area contributed by atoms with E-state index in [9.17, 15) is 4.79 Å². The summed E-state index contributed by atoms with van der Waals surface area (Å²) in [5.41, 5.74) is 4.00. The number of amides is 1. The molecule has 1 amide bonds. The summed E-state index contributed by atoms with van der Waals surface area (Å²) < 4.78 is 10.8. The second-order valence-corrected chi connectivity index (χ2v) is 5.82. The first-order valence-electron chi connectivity index (χ1n) is 7.94. The Labute approximate surface area is 147 Å². The van der Waals surface area contributed by atoms with Crippen molar-refractivity contribution in [3.63, 3.8) is 0 Å². The Bertz CT molecular complexity index is 898. The van der Waals surface area contributed by atoms with Crippen molar-refractivity contribution in [3.8, 4) is 11.5 Å². The van der Waals surface area contributed by atoms with Gasteiger partial charge in [-0.2, -0.15) is 0 Å². The van der Waals surface area contributed by atoms with Crippen LogP contribution in [0.1, 0.15) is 22.3 Å². The second-order valence-electron chi connectivity index (χ2n) is 5.82. The lowest BCUT2D eigenvalue weighted by Crippen LogP contribution is -2.25. The Morgan fingerprint density at radius 3 is 2.40 bits per heavy atom. The summed E-state index contributed by atoms with van der Waals surface area (Å²) in [4.78, 5) is 16.8. The Balaban J connectivity index is 2.04. The molecule has 0 atom stereocenters. The number of nitrogens with zero attached hydrogens (tertiary/aromatic N) is 1. The van der Waals surface area contributed by atoms with E-state index in [1.165, 1.54) is 0 Å². The van der Waals surface area contributed by atoms with Gasteiger partial charge in [0.15, 0.2) is 0 Å². The first-order valence-corrected chi connectivity index (χ1v) is 7.94. The van der Waals surface area contributed by atoms with E-state index in [0.29, 0.717) is 17.3 Å². The maximum absolute atomic E-state index is 12.3. The van der Waals surface area contributed by atoms with Crippen LogP contribution in [0, 0.1) is 13.8 Å². The molecular weight excluding hydrogens is 316 g/mol. The molecule has 2 aromatic rings. The molecule has 0 aromatic heterocycles. The lowest BCUT2D eigenvalue weighted by Gasteiger charge is -2.10. The fourth-order valence-corrected chi connectivity index (χ4v) is 2.77. The number of nitrogens with one attached hydrogen (secondary N) is 1. The molecule has 25 heavy (non-hydrogen) atoms. The number of aliphatic imine (C=N–C) groups is 1. The molecule has 0 unspecified atom stereocenters. The predicted molar refractivity (Wildman–Crippen MR) is 98.1 cm³/mol. The zero-order chi connectivity index (χ0) is 18.0. The van der Waals surface area contributed by atoms with Gasteiger partial charge in [-0.1, -0.05) is 24.3 Å². The number of rotatable bonds is 4. The van der Waals surface area contributed by atoms with Crippen molar-refractivity contribution in [3.05, 3.63) is 64.3 Å². The topological polar surface area (TPSA) is 59.9 Å². The highest BCUT2D eigenvalue weighted by Gasteiger charge is 2.22. The molecule has 0 fully saturated rings. The Hall–Kier alpha value is -3.08. The lowest BCUT2D eigenvalue weighted by molar-refractivity contribution is -0.115. The summed E-state index contributed by atoms with van der Waals surface area (Å²) in [5.74, 6) is 1.72. The summed E-state index contributed by atoms with van der Waals surface area (Å²) in [6.45, 7) is 3.93. The maximum atomic E-state index is 12.3. The molecule has 1 aliphatic rings. The highest BCUT2D eigenvalue weighted by atomic mass is 16.5. The molecule has 2 aromatic carbocycles. The van der Waals surface area contributed by atoms with Crippen molar-refractivity contribution >= 4 is 17.8 Å². The first kappa shape index (κ1) is 16.8. The van der Waals surface area contributed by atoms with E-state index in [1.54, 1.807) is 20.3 Å². The average molecular weight is 336 g/mol. The van der Waals surface area contributed by atoms with E-state index in [4.69, 9.17) is 9.47 Å². The Morgan fingerprint density at radius 2 is 1.72 bits per heavy atom. The molecule has 5 nitrogen and oxygen atoms in total. The van der Waals surface area contributed by atoms with Crippen molar-refractivity contribution in [1.82, 2.24) is 5.32 Å². The molecule has 1 N–H and O–H groups in total. The quantitative estimate of drug-likeness (QED) is 0.872. The molecular formula is C20H20N2O3. The molecule has 0 saturated heterocycles. The van der Waals surface area contributed by atoms with E-state index in [2.05, 4.69) is 10.3 Å². The first-order chi connectivity index (χ1) is 12.0. The number of hydrogen-bond donors (Lipinski definition) is 1. The van der Waals surface area contributed by atoms with Gasteiger partial charge in [-0.3, -0.25) is 4.79 Å². The zero-order valence-corrected chi connectivity index (χ0v) is 14.7. The minimum absolute atomic E-state index is 0.236. The van der Waals surface area contributed by atoms with E-state index < -0.39 is 0 Å². The standard InChI is InChI=1S/C20H20N2O3/c1-12-7-5-6-8-15(12)19-21-16(20(23)22-19)10-14-11-17(24-3)13(2)9-18(14)25-4/h5-11H,1-4H3,(H,21,22,23)/b16-10+. The van der Waals surface area contributed by atoms with Crippen molar-refractivity contribution in [2.24, 2.45) is 4.99 Å². The molecule has 1 heterocycles. The number of amidine groups is 1. The number of ether oxygens (including phenoxy) is 2. The predicted octanol–water partition coefficient (Wildman–Crippen LogP) is 3.24. The molecule has 1 aliphatic heterocycles. The smallest absolute Gasteiger partial charge is 0.275 e. The largest absolute Gasteiger partial charge is 0.496 e. The van der Waals surface area contributed by atoms with Crippen LogP contribution in [0.4, 0.5) is 0 Å². The minimum atomic E-state index is -0.236. The summed E-state index contributed by atoms with van der Waals surface area (Å²) in [7, 11) is 3.21. The molecule has 128 valence electrons. The van der Waals surface area contributed by atoms with E-state index in [-0.39, 0.29) is 5.91 Å². The third kappa shape index (κ3) is 3.26. The molecule has 0 spiro atoms. The van der Waals surface area contributed by atoms with Gasteiger partial charge in [0.1, 0.15) is 23.0 Å². The molecule has 5 heteroatoms. The fraction of sp³-hybridized carbons (Fsp3) is 0.200. The van der Waals surface area contributed by atoms with Crippen molar-refractivity contribution < 1.29 is 14.3 Å².